The number of rotatable bonds is 5. The summed E-state index contributed by atoms with van der Waals surface area (Å²) < 4.78 is 5.10. The summed E-state index contributed by atoms with van der Waals surface area (Å²) in [4.78, 5) is 8.47. The number of hydrogen-bond acceptors (Lipinski definition) is 7. The Kier molecular flexibility index (Phi) is 3.27. The molecule has 0 fully saturated rings. The van der Waals surface area contributed by atoms with Gasteiger partial charge >= 0.3 is 0 Å². The summed E-state index contributed by atoms with van der Waals surface area (Å²) in [6, 6.07) is 5.44. The summed E-state index contributed by atoms with van der Waals surface area (Å²) in [6.45, 7) is 2.35. The lowest BCUT2D eigenvalue weighted by Gasteiger charge is -2.05. The Bertz CT molecular complexity index is 677. The van der Waals surface area contributed by atoms with Crippen molar-refractivity contribution in [1.29, 1.82) is 0 Å². The fourth-order valence-corrected chi connectivity index (χ4v) is 1.64. The van der Waals surface area contributed by atoms with E-state index in [1.165, 1.54) is 0 Å². The molecule has 3 N–H and O–H groups in total. The largest absolute Gasteiger partial charge is 0.359 e. The molecule has 3 aromatic heterocycles. The molecule has 0 saturated carbocycles. The van der Waals surface area contributed by atoms with E-state index >= 15 is 0 Å². The average Bonchev–Trinajstić information content (AvgIpc) is 3.09. The zero-order valence-corrected chi connectivity index (χ0v) is 10.8. The molecule has 0 radical (unpaired) electrons. The minimum absolute atomic E-state index is 0.481. The Balaban J connectivity index is 1.65. The zero-order chi connectivity index (χ0) is 13.8. The first-order valence-corrected chi connectivity index (χ1v) is 6.05. The van der Waals surface area contributed by atoms with E-state index in [1.807, 2.05) is 19.1 Å². The van der Waals surface area contributed by atoms with E-state index in [0.29, 0.717) is 18.3 Å². The molecule has 0 aliphatic heterocycles. The number of nitrogens with one attached hydrogen (secondary N) is 3. The minimum Gasteiger partial charge on any atom is -0.359 e. The second-order valence-corrected chi connectivity index (χ2v) is 4.15. The van der Waals surface area contributed by atoms with E-state index in [0.717, 1.165) is 17.3 Å². The first kappa shape index (κ1) is 12.2. The molecule has 8 heteroatoms. The summed E-state index contributed by atoms with van der Waals surface area (Å²) in [5.74, 6) is 2.67. The van der Waals surface area contributed by atoms with Gasteiger partial charge in [-0.2, -0.15) is 10.1 Å². The number of aromatic amines is 1. The van der Waals surface area contributed by atoms with E-state index in [-0.39, 0.29) is 0 Å². The molecule has 102 valence electrons. The van der Waals surface area contributed by atoms with Crippen LogP contribution in [0.15, 0.2) is 35.1 Å². The molecular weight excluding hydrogens is 258 g/mol. The van der Waals surface area contributed by atoms with Gasteiger partial charge in [0.1, 0.15) is 11.6 Å². The van der Waals surface area contributed by atoms with Crippen molar-refractivity contribution < 1.29 is 4.52 Å². The summed E-state index contributed by atoms with van der Waals surface area (Å²) in [5, 5.41) is 16.6. The predicted octanol–water partition coefficient (Wildman–Crippen LogP) is 1.85. The van der Waals surface area contributed by atoms with Crippen molar-refractivity contribution >= 4 is 17.6 Å². The summed E-state index contributed by atoms with van der Waals surface area (Å²) in [7, 11) is 0. The van der Waals surface area contributed by atoms with Gasteiger partial charge in [-0.25, -0.2) is 4.98 Å². The summed E-state index contributed by atoms with van der Waals surface area (Å²) in [5.41, 5.74) is 0.845. The van der Waals surface area contributed by atoms with Crippen LogP contribution in [0.2, 0.25) is 0 Å². The lowest BCUT2D eigenvalue weighted by molar-refractivity contribution is 0.384. The Labute approximate surface area is 114 Å². The first-order chi connectivity index (χ1) is 9.79. The molecule has 3 rings (SSSR count). The third-order valence-corrected chi connectivity index (χ3v) is 2.52. The van der Waals surface area contributed by atoms with Crippen molar-refractivity contribution in [2.75, 3.05) is 10.6 Å². The molecule has 3 aromatic rings. The molecule has 8 nitrogen and oxygen atoms in total. The molecule has 0 unspecified atom stereocenters. The van der Waals surface area contributed by atoms with Crippen molar-refractivity contribution in [3.63, 3.8) is 0 Å². The quantitative estimate of drug-likeness (QED) is 0.650. The zero-order valence-electron chi connectivity index (χ0n) is 10.8. The minimum atomic E-state index is 0.481. The van der Waals surface area contributed by atoms with Gasteiger partial charge in [0.2, 0.25) is 5.95 Å². The smallest absolute Gasteiger partial charge is 0.224 e. The van der Waals surface area contributed by atoms with Gasteiger partial charge in [0.15, 0.2) is 5.76 Å². The van der Waals surface area contributed by atoms with Gasteiger partial charge in [-0.1, -0.05) is 5.16 Å². The third-order valence-electron chi connectivity index (χ3n) is 2.52. The maximum absolute atomic E-state index is 5.10. The molecule has 0 spiro atoms. The highest BCUT2D eigenvalue weighted by atomic mass is 16.5. The predicted molar refractivity (Wildman–Crippen MR) is 72.5 cm³/mol. The fourth-order valence-electron chi connectivity index (χ4n) is 1.64. The van der Waals surface area contributed by atoms with Crippen molar-refractivity contribution in [2.45, 2.75) is 13.5 Å². The van der Waals surface area contributed by atoms with Crippen LogP contribution >= 0.6 is 0 Å². The van der Waals surface area contributed by atoms with Crippen LogP contribution in [0.4, 0.5) is 17.6 Å². The standard InChI is InChI=1S/C12H13N7O/c1-8-6-9(20-19-8)7-14-12-13-4-2-10(17-12)16-11-3-5-15-18-11/h2-6H,7H2,1H3,(H3,13,14,15,16,17,18). The van der Waals surface area contributed by atoms with Gasteiger partial charge in [0.05, 0.1) is 18.4 Å². The van der Waals surface area contributed by atoms with Gasteiger partial charge in [0.25, 0.3) is 0 Å². The second kappa shape index (κ2) is 5.39. The van der Waals surface area contributed by atoms with Crippen LogP contribution in [0.1, 0.15) is 11.5 Å². The van der Waals surface area contributed by atoms with E-state index in [9.17, 15) is 0 Å². The molecule has 20 heavy (non-hydrogen) atoms. The molecule has 0 amide bonds. The maximum atomic E-state index is 5.10. The van der Waals surface area contributed by atoms with E-state index in [4.69, 9.17) is 4.52 Å². The highest BCUT2D eigenvalue weighted by molar-refractivity contribution is 5.51. The number of anilines is 3. The number of aryl methyl sites for hydroxylation is 1. The topological polar surface area (TPSA) is 105 Å². The van der Waals surface area contributed by atoms with Gasteiger partial charge in [-0.15, -0.1) is 0 Å². The second-order valence-electron chi connectivity index (χ2n) is 4.15. The van der Waals surface area contributed by atoms with Crippen molar-refractivity contribution in [3.8, 4) is 0 Å². The number of H-pyrrole nitrogens is 1. The third kappa shape index (κ3) is 2.91. The first-order valence-electron chi connectivity index (χ1n) is 6.05. The SMILES string of the molecule is Cc1cc(CNc2nccc(Nc3ccn[nH]3)n2)on1. The Morgan fingerprint density at radius 1 is 1.30 bits per heavy atom. The van der Waals surface area contributed by atoms with Crippen LogP contribution in [0.25, 0.3) is 0 Å². The Morgan fingerprint density at radius 2 is 2.25 bits per heavy atom. The molecule has 0 aliphatic carbocycles. The molecular formula is C12H13N7O. The molecule has 0 bridgehead atoms. The Hall–Kier alpha value is -2.90. The van der Waals surface area contributed by atoms with Crippen LogP contribution in [-0.2, 0) is 6.54 Å². The maximum Gasteiger partial charge on any atom is 0.224 e. The van der Waals surface area contributed by atoms with Crippen LogP contribution < -0.4 is 10.6 Å². The normalized spacial score (nSPS) is 10.4. The van der Waals surface area contributed by atoms with Crippen molar-refractivity contribution in [1.82, 2.24) is 25.3 Å². The van der Waals surface area contributed by atoms with Gasteiger partial charge in [-0.3, -0.25) is 5.10 Å². The van der Waals surface area contributed by atoms with Crippen molar-refractivity contribution in [2.24, 2.45) is 0 Å². The fraction of sp³-hybridized carbons (Fsp3) is 0.167. The highest BCUT2D eigenvalue weighted by Gasteiger charge is 2.03. The summed E-state index contributed by atoms with van der Waals surface area (Å²) in [6.07, 6.45) is 3.33. The molecule has 0 aliphatic rings. The molecule has 0 saturated heterocycles. The van der Waals surface area contributed by atoms with Crippen LogP contribution in [0, 0.1) is 6.92 Å². The van der Waals surface area contributed by atoms with E-state index in [1.54, 1.807) is 18.5 Å². The van der Waals surface area contributed by atoms with Crippen LogP contribution in [-0.4, -0.2) is 25.3 Å². The van der Waals surface area contributed by atoms with Crippen LogP contribution in [0.5, 0.6) is 0 Å². The molecule has 0 aromatic carbocycles. The number of hydrogen-bond donors (Lipinski definition) is 3. The highest BCUT2D eigenvalue weighted by Crippen LogP contribution is 2.12. The number of aromatic nitrogens is 5. The van der Waals surface area contributed by atoms with E-state index in [2.05, 4.69) is 36.0 Å². The van der Waals surface area contributed by atoms with Gasteiger partial charge < -0.3 is 15.2 Å². The van der Waals surface area contributed by atoms with E-state index < -0.39 is 0 Å². The lowest BCUT2D eigenvalue weighted by atomic mass is 10.4. The average molecular weight is 271 g/mol. The number of nitrogens with zero attached hydrogens (tertiary/aromatic N) is 4. The van der Waals surface area contributed by atoms with Gasteiger partial charge in [-0.05, 0) is 13.0 Å². The Morgan fingerprint density at radius 3 is 3.00 bits per heavy atom. The van der Waals surface area contributed by atoms with Crippen LogP contribution in [0.3, 0.4) is 0 Å². The lowest BCUT2D eigenvalue weighted by Crippen LogP contribution is -2.04. The van der Waals surface area contributed by atoms with Crippen molar-refractivity contribution in [3.05, 3.63) is 42.0 Å². The molecule has 3 heterocycles. The summed E-state index contributed by atoms with van der Waals surface area (Å²) >= 11 is 0. The monoisotopic (exact) mass is 271 g/mol. The molecule has 0 atom stereocenters. The van der Waals surface area contributed by atoms with Gasteiger partial charge in [0, 0.05) is 18.3 Å².